The van der Waals surface area contributed by atoms with Crippen LogP contribution in [0.1, 0.15) is 35.7 Å². The Morgan fingerprint density at radius 1 is 0.895 bits per heavy atom. The molecule has 0 unspecified atom stereocenters. The molecule has 8 nitrogen and oxygen atoms in total. The lowest BCUT2D eigenvalue weighted by molar-refractivity contribution is -0.384. The van der Waals surface area contributed by atoms with E-state index in [1.807, 2.05) is 30.3 Å². The minimum absolute atomic E-state index is 0.0195. The zero-order chi connectivity index (χ0) is 26.5. The summed E-state index contributed by atoms with van der Waals surface area (Å²) in [5.41, 5.74) is 3.98. The fourth-order valence-electron chi connectivity index (χ4n) is 5.29. The van der Waals surface area contributed by atoms with Gasteiger partial charge in [0, 0.05) is 68.8 Å². The number of rotatable bonds is 7. The van der Waals surface area contributed by atoms with Crippen LogP contribution in [0.2, 0.25) is 0 Å². The Morgan fingerprint density at radius 3 is 2.24 bits per heavy atom. The Kier molecular flexibility index (Phi) is 7.89. The number of nitro groups is 1. The number of nitro benzene ring substituents is 1. The highest BCUT2D eigenvalue weighted by molar-refractivity contribution is 6.05. The van der Waals surface area contributed by atoms with Gasteiger partial charge in [0.1, 0.15) is 5.69 Å². The first-order valence-corrected chi connectivity index (χ1v) is 13.4. The molecule has 5 rings (SSSR count). The lowest BCUT2D eigenvalue weighted by atomic mass is 9.98. The van der Waals surface area contributed by atoms with Gasteiger partial charge in [-0.05, 0) is 60.7 Å². The van der Waals surface area contributed by atoms with Gasteiger partial charge >= 0.3 is 0 Å². The summed E-state index contributed by atoms with van der Waals surface area (Å²) in [6, 6.07) is 23.1. The summed E-state index contributed by atoms with van der Waals surface area (Å²) in [6.07, 6.45) is 2.03. The summed E-state index contributed by atoms with van der Waals surface area (Å²) in [6.45, 7) is 8.66. The normalized spacial score (nSPS) is 16.9. The largest absolute Gasteiger partial charge is 0.369 e. The van der Waals surface area contributed by atoms with Gasteiger partial charge in [-0.25, -0.2) is 0 Å². The molecule has 2 fully saturated rings. The highest BCUT2D eigenvalue weighted by Crippen LogP contribution is 2.32. The van der Waals surface area contributed by atoms with E-state index in [0.29, 0.717) is 17.3 Å². The van der Waals surface area contributed by atoms with Gasteiger partial charge in [0.2, 0.25) is 0 Å². The lowest BCUT2D eigenvalue weighted by Crippen LogP contribution is -2.45. The van der Waals surface area contributed by atoms with E-state index in [1.165, 1.54) is 11.6 Å². The molecule has 0 radical (unpaired) electrons. The maximum Gasteiger partial charge on any atom is 0.293 e. The highest BCUT2D eigenvalue weighted by Gasteiger charge is 2.25. The minimum Gasteiger partial charge on any atom is -0.369 e. The number of carbonyl (C=O) groups is 1. The van der Waals surface area contributed by atoms with Gasteiger partial charge in [-0.3, -0.25) is 19.8 Å². The zero-order valence-corrected chi connectivity index (χ0v) is 21.9. The van der Waals surface area contributed by atoms with Crippen LogP contribution in [0.25, 0.3) is 0 Å². The third-order valence-electron chi connectivity index (χ3n) is 7.67. The van der Waals surface area contributed by atoms with Gasteiger partial charge in [0.25, 0.3) is 11.6 Å². The van der Waals surface area contributed by atoms with Crippen LogP contribution in [-0.4, -0.2) is 55.0 Å². The molecule has 38 heavy (non-hydrogen) atoms. The van der Waals surface area contributed by atoms with Crippen molar-refractivity contribution in [2.45, 2.75) is 26.3 Å². The number of benzene rings is 3. The molecule has 0 bridgehead atoms. The summed E-state index contributed by atoms with van der Waals surface area (Å²) in [4.78, 5) is 31.2. The molecule has 0 aliphatic carbocycles. The number of nitrogens with one attached hydrogen (secondary N) is 1. The third-order valence-corrected chi connectivity index (χ3v) is 7.67. The van der Waals surface area contributed by atoms with Crippen molar-refractivity contribution in [1.29, 1.82) is 0 Å². The topological polar surface area (TPSA) is 82.0 Å². The van der Waals surface area contributed by atoms with Crippen LogP contribution >= 0.6 is 0 Å². The molecule has 1 N–H and O–H groups in total. The second kappa shape index (κ2) is 11.6. The van der Waals surface area contributed by atoms with E-state index in [0.717, 1.165) is 64.3 Å². The highest BCUT2D eigenvalue weighted by atomic mass is 16.6. The fourth-order valence-corrected chi connectivity index (χ4v) is 5.29. The molecule has 198 valence electrons. The van der Waals surface area contributed by atoms with E-state index in [9.17, 15) is 14.9 Å². The van der Waals surface area contributed by atoms with Crippen LogP contribution < -0.4 is 15.1 Å². The van der Waals surface area contributed by atoms with Gasteiger partial charge in [-0.1, -0.05) is 37.3 Å². The Labute approximate surface area is 224 Å². The standard InChI is InChI=1S/C30H35N5O3/c1-23-13-15-34(16-14-23)28-12-7-25(21-29(28)35(37)38)30(36)31-26-8-10-27(11-9-26)33-19-17-32(18-20-33)22-24-5-3-2-4-6-24/h2-12,21,23H,13-20,22H2,1H3,(H,31,36). The van der Waals surface area contributed by atoms with Crippen molar-refractivity contribution in [3.63, 3.8) is 0 Å². The Hall–Kier alpha value is -3.91. The van der Waals surface area contributed by atoms with E-state index in [1.54, 1.807) is 12.1 Å². The van der Waals surface area contributed by atoms with Crippen molar-refractivity contribution in [3.05, 3.63) is 94.0 Å². The predicted octanol–water partition coefficient (Wildman–Crippen LogP) is 5.41. The van der Waals surface area contributed by atoms with Crippen LogP contribution in [0.4, 0.5) is 22.7 Å². The van der Waals surface area contributed by atoms with Crippen LogP contribution in [0.3, 0.4) is 0 Å². The first-order valence-electron chi connectivity index (χ1n) is 13.4. The molecule has 0 saturated carbocycles. The molecule has 3 aromatic carbocycles. The number of amides is 1. The molecule has 0 spiro atoms. The fraction of sp³-hybridized carbons (Fsp3) is 0.367. The van der Waals surface area contributed by atoms with Gasteiger partial charge in [0.05, 0.1) is 4.92 Å². The second-order valence-corrected chi connectivity index (χ2v) is 10.4. The number of nitrogens with zero attached hydrogens (tertiary/aromatic N) is 4. The Balaban J connectivity index is 1.18. The molecular formula is C30H35N5O3. The molecule has 0 aromatic heterocycles. The SMILES string of the molecule is CC1CCN(c2ccc(C(=O)Nc3ccc(N4CCN(Cc5ccccc5)CC4)cc3)cc2[N+](=O)[O-])CC1. The maximum absolute atomic E-state index is 12.9. The van der Waals surface area contributed by atoms with Crippen LogP contribution in [0.15, 0.2) is 72.8 Å². The quantitative estimate of drug-likeness (QED) is 0.336. The second-order valence-electron chi connectivity index (χ2n) is 10.4. The average molecular weight is 514 g/mol. The van der Waals surface area contributed by atoms with Gasteiger partial charge in [-0.15, -0.1) is 0 Å². The van der Waals surface area contributed by atoms with Crippen LogP contribution in [0.5, 0.6) is 0 Å². The summed E-state index contributed by atoms with van der Waals surface area (Å²) in [5.74, 6) is 0.278. The van der Waals surface area contributed by atoms with Crippen LogP contribution in [0, 0.1) is 16.0 Å². The first kappa shape index (κ1) is 25.7. The van der Waals surface area contributed by atoms with Crippen molar-refractivity contribution in [3.8, 4) is 0 Å². The summed E-state index contributed by atoms with van der Waals surface area (Å²) in [5, 5.41) is 14.7. The van der Waals surface area contributed by atoms with E-state index in [4.69, 9.17) is 0 Å². The van der Waals surface area contributed by atoms with Gasteiger partial charge in [0.15, 0.2) is 0 Å². The smallest absolute Gasteiger partial charge is 0.293 e. The first-order chi connectivity index (χ1) is 18.5. The van der Waals surface area contributed by atoms with Crippen molar-refractivity contribution in [2.24, 2.45) is 5.92 Å². The van der Waals surface area contributed by atoms with Crippen molar-refractivity contribution in [1.82, 2.24) is 4.90 Å². The van der Waals surface area contributed by atoms with Gasteiger partial charge in [-0.2, -0.15) is 0 Å². The average Bonchev–Trinajstić information content (AvgIpc) is 2.94. The number of hydrogen-bond donors (Lipinski definition) is 1. The summed E-state index contributed by atoms with van der Waals surface area (Å²) in [7, 11) is 0. The number of anilines is 3. The maximum atomic E-state index is 12.9. The molecule has 1 amide bonds. The molecule has 0 atom stereocenters. The van der Waals surface area contributed by atoms with Gasteiger partial charge < -0.3 is 15.1 Å². The number of carbonyl (C=O) groups excluding carboxylic acids is 1. The summed E-state index contributed by atoms with van der Waals surface area (Å²) < 4.78 is 0. The number of hydrogen-bond acceptors (Lipinski definition) is 6. The number of piperidine rings is 1. The third kappa shape index (κ3) is 6.14. The lowest BCUT2D eigenvalue weighted by Gasteiger charge is -2.36. The Bertz CT molecular complexity index is 1250. The molecule has 3 aromatic rings. The minimum atomic E-state index is -0.390. The van der Waals surface area contributed by atoms with Crippen molar-refractivity contribution in [2.75, 3.05) is 54.4 Å². The Morgan fingerprint density at radius 2 is 1.58 bits per heavy atom. The summed E-state index contributed by atoms with van der Waals surface area (Å²) >= 11 is 0. The molecule has 2 aliphatic heterocycles. The van der Waals surface area contributed by atoms with Crippen molar-refractivity contribution >= 4 is 28.7 Å². The molecule has 2 aliphatic rings. The van der Waals surface area contributed by atoms with E-state index in [-0.39, 0.29) is 17.2 Å². The predicted molar refractivity (Wildman–Crippen MR) is 152 cm³/mol. The number of piperazine rings is 1. The van der Waals surface area contributed by atoms with Crippen LogP contribution in [-0.2, 0) is 6.54 Å². The van der Waals surface area contributed by atoms with E-state index in [2.05, 4.69) is 51.2 Å². The van der Waals surface area contributed by atoms with Crippen molar-refractivity contribution < 1.29 is 9.72 Å². The molecule has 8 heteroatoms. The molecule has 2 saturated heterocycles. The zero-order valence-electron chi connectivity index (χ0n) is 21.9. The molecular weight excluding hydrogens is 478 g/mol. The molecule has 2 heterocycles. The van der Waals surface area contributed by atoms with E-state index >= 15 is 0 Å². The van der Waals surface area contributed by atoms with E-state index < -0.39 is 4.92 Å². The monoisotopic (exact) mass is 513 g/mol.